The molecule has 232 valence electrons. The Morgan fingerprint density at radius 3 is 1.96 bits per heavy atom. The minimum atomic E-state index is -0.0903. The Morgan fingerprint density at radius 1 is 0.429 bits per heavy atom. The quantitative estimate of drug-likeness (QED) is 0.193. The lowest BCUT2D eigenvalue weighted by atomic mass is 9.82. The monoisotopic (exact) mass is 627 g/mol. The van der Waals surface area contributed by atoms with E-state index < -0.39 is 0 Å². The number of furan rings is 1. The number of hydrogen-bond acceptors (Lipinski definition) is 2. The minimum absolute atomic E-state index is 0.0903. The average molecular weight is 628 g/mol. The van der Waals surface area contributed by atoms with Crippen LogP contribution in [-0.4, -0.2) is 0 Å². The highest BCUT2D eigenvalue weighted by molar-refractivity contribution is 6.21. The van der Waals surface area contributed by atoms with Crippen LogP contribution in [0.5, 0.6) is 0 Å². The highest BCUT2D eigenvalue weighted by Gasteiger charge is 2.35. The molecule has 10 rings (SSSR count). The fourth-order valence-electron chi connectivity index (χ4n) is 8.27. The molecule has 49 heavy (non-hydrogen) atoms. The Balaban J connectivity index is 1.20. The van der Waals surface area contributed by atoms with Crippen molar-refractivity contribution < 1.29 is 4.42 Å². The first kappa shape index (κ1) is 27.9. The summed E-state index contributed by atoms with van der Waals surface area (Å²) < 4.78 is 6.98. The predicted octanol–water partition coefficient (Wildman–Crippen LogP) is 13.3. The summed E-state index contributed by atoms with van der Waals surface area (Å²) in [7, 11) is 0. The molecule has 0 bridgehead atoms. The van der Waals surface area contributed by atoms with E-state index in [1.807, 2.05) is 0 Å². The first-order valence-corrected chi connectivity index (χ1v) is 17.0. The predicted molar refractivity (Wildman–Crippen MR) is 206 cm³/mol. The zero-order valence-corrected chi connectivity index (χ0v) is 27.4. The molecule has 0 radical (unpaired) electrons. The van der Waals surface area contributed by atoms with E-state index in [1.165, 1.54) is 49.4 Å². The van der Waals surface area contributed by atoms with E-state index in [0.717, 1.165) is 44.6 Å². The van der Waals surface area contributed by atoms with Crippen molar-refractivity contribution in [3.63, 3.8) is 0 Å². The Morgan fingerprint density at radius 2 is 1.08 bits per heavy atom. The van der Waals surface area contributed by atoms with Crippen molar-refractivity contribution >= 4 is 60.5 Å². The van der Waals surface area contributed by atoms with Gasteiger partial charge in [0.25, 0.3) is 0 Å². The fraction of sp³-hybridized carbons (Fsp3) is 0.0638. The van der Waals surface area contributed by atoms with Crippen molar-refractivity contribution in [3.8, 4) is 22.3 Å². The van der Waals surface area contributed by atoms with Gasteiger partial charge in [-0.25, -0.2) is 0 Å². The molecule has 1 aliphatic carbocycles. The Labute approximate surface area is 285 Å². The van der Waals surface area contributed by atoms with Gasteiger partial charge in [0.05, 0.1) is 0 Å². The van der Waals surface area contributed by atoms with Gasteiger partial charge in [0, 0.05) is 44.9 Å². The van der Waals surface area contributed by atoms with Crippen molar-refractivity contribution in [3.05, 3.63) is 175 Å². The van der Waals surface area contributed by atoms with E-state index in [9.17, 15) is 0 Å². The highest BCUT2D eigenvalue weighted by atomic mass is 16.3. The number of fused-ring (bicyclic) bond motifs is 8. The molecule has 0 amide bonds. The third-order valence-electron chi connectivity index (χ3n) is 10.6. The van der Waals surface area contributed by atoms with Crippen molar-refractivity contribution in [1.29, 1.82) is 0 Å². The third-order valence-corrected chi connectivity index (χ3v) is 10.6. The first-order chi connectivity index (χ1) is 24.1. The molecule has 0 spiro atoms. The van der Waals surface area contributed by atoms with Gasteiger partial charge >= 0.3 is 0 Å². The smallest absolute Gasteiger partial charge is 0.143 e. The van der Waals surface area contributed by atoms with Crippen molar-refractivity contribution in [1.82, 2.24) is 0 Å². The van der Waals surface area contributed by atoms with Gasteiger partial charge in [-0.3, -0.25) is 0 Å². The van der Waals surface area contributed by atoms with Crippen LogP contribution in [0.15, 0.2) is 168 Å². The Hall–Kier alpha value is -6.12. The average Bonchev–Trinajstić information content (AvgIpc) is 3.62. The first-order valence-electron chi connectivity index (χ1n) is 17.0. The maximum atomic E-state index is 6.98. The van der Waals surface area contributed by atoms with Gasteiger partial charge in [0.1, 0.15) is 11.2 Å². The van der Waals surface area contributed by atoms with E-state index >= 15 is 0 Å². The molecule has 2 heteroatoms. The van der Waals surface area contributed by atoms with Crippen LogP contribution in [0.1, 0.15) is 25.0 Å². The molecular formula is C47H33NO. The summed E-state index contributed by atoms with van der Waals surface area (Å²) in [5.41, 5.74) is 12.7. The summed E-state index contributed by atoms with van der Waals surface area (Å²) in [5.74, 6) is 0. The van der Waals surface area contributed by atoms with Crippen LogP contribution in [-0.2, 0) is 5.41 Å². The number of nitrogens with zero attached hydrogens (tertiary/aromatic N) is 1. The molecule has 8 aromatic carbocycles. The van der Waals surface area contributed by atoms with Crippen LogP contribution in [0.2, 0.25) is 0 Å². The van der Waals surface area contributed by atoms with E-state index in [1.54, 1.807) is 0 Å². The molecule has 0 N–H and O–H groups in total. The lowest BCUT2D eigenvalue weighted by Crippen LogP contribution is -2.16. The van der Waals surface area contributed by atoms with Crippen LogP contribution in [0.4, 0.5) is 17.1 Å². The maximum Gasteiger partial charge on any atom is 0.143 e. The zero-order chi connectivity index (χ0) is 32.7. The van der Waals surface area contributed by atoms with Gasteiger partial charge in [0.15, 0.2) is 0 Å². The Kier molecular flexibility index (Phi) is 5.95. The van der Waals surface area contributed by atoms with E-state index in [-0.39, 0.29) is 5.41 Å². The molecule has 1 aliphatic rings. The molecule has 1 heterocycles. The maximum absolute atomic E-state index is 6.98. The highest BCUT2D eigenvalue weighted by Crippen LogP contribution is 2.51. The van der Waals surface area contributed by atoms with Crippen molar-refractivity contribution in [2.24, 2.45) is 0 Å². The van der Waals surface area contributed by atoms with E-state index in [4.69, 9.17) is 4.42 Å². The molecule has 0 unspecified atom stereocenters. The van der Waals surface area contributed by atoms with Crippen LogP contribution in [0, 0.1) is 0 Å². The van der Waals surface area contributed by atoms with Crippen LogP contribution in [0.25, 0.3) is 65.7 Å². The number of para-hydroxylation sites is 1. The molecule has 9 aromatic rings. The second-order valence-corrected chi connectivity index (χ2v) is 13.7. The summed E-state index contributed by atoms with van der Waals surface area (Å²) in [4.78, 5) is 2.36. The molecular weight excluding hydrogens is 595 g/mol. The van der Waals surface area contributed by atoms with Gasteiger partial charge in [-0.05, 0) is 91.8 Å². The van der Waals surface area contributed by atoms with Crippen molar-refractivity contribution in [2.45, 2.75) is 19.3 Å². The molecule has 1 aromatic heterocycles. The standard InChI is InChI=1S/C47H33NO/c1-47(2)42-22-11-10-20-37(42)38-25-23-33(28-43(38)47)48(32-16-4-3-5-17-32)34-24-26-39-41-27-31-14-7-9-19-36(31)45(46(41)49-44(39)29-34)40-21-12-15-30-13-6-8-18-35(30)40/h3-29H,1-2H3. The van der Waals surface area contributed by atoms with Gasteiger partial charge in [-0.2, -0.15) is 0 Å². The molecule has 0 saturated heterocycles. The fourth-order valence-corrected chi connectivity index (χ4v) is 8.27. The SMILES string of the molecule is CC1(C)c2ccccc2-c2ccc(N(c3ccccc3)c3ccc4c(c3)oc3c(-c5cccc6ccccc56)c5ccccc5cc34)cc21. The number of benzene rings is 8. The Bertz CT molecular complexity index is 2750. The summed E-state index contributed by atoms with van der Waals surface area (Å²) >= 11 is 0. The second-order valence-electron chi connectivity index (χ2n) is 13.7. The van der Waals surface area contributed by atoms with Gasteiger partial charge < -0.3 is 9.32 Å². The number of rotatable bonds is 4. The van der Waals surface area contributed by atoms with Gasteiger partial charge in [0.2, 0.25) is 0 Å². The zero-order valence-electron chi connectivity index (χ0n) is 27.4. The summed E-state index contributed by atoms with van der Waals surface area (Å²) in [6.45, 7) is 4.68. The lowest BCUT2D eigenvalue weighted by Gasteiger charge is -2.28. The molecule has 0 saturated carbocycles. The third kappa shape index (κ3) is 4.14. The van der Waals surface area contributed by atoms with Crippen LogP contribution >= 0.6 is 0 Å². The summed E-state index contributed by atoms with van der Waals surface area (Å²) in [5, 5.41) is 7.09. The van der Waals surface area contributed by atoms with E-state index in [0.29, 0.717) is 0 Å². The minimum Gasteiger partial charge on any atom is -0.455 e. The van der Waals surface area contributed by atoms with Crippen molar-refractivity contribution in [2.75, 3.05) is 4.90 Å². The van der Waals surface area contributed by atoms with Gasteiger partial charge in [-0.15, -0.1) is 0 Å². The summed E-state index contributed by atoms with van der Waals surface area (Å²) in [6, 6.07) is 59.3. The normalized spacial score (nSPS) is 13.3. The largest absolute Gasteiger partial charge is 0.455 e. The number of hydrogen-bond donors (Lipinski definition) is 0. The molecule has 0 atom stereocenters. The van der Waals surface area contributed by atoms with Crippen LogP contribution < -0.4 is 4.90 Å². The molecule has 0 fully saturated rings. The molecule has 2 nitrogen and oxygen atoms in total. The topological polar surface area (TPSA) is 16.4 Å². The number of anilines is 3. The van der Waals surface area contributed by atoms with Gasteiger partial charge in [-0.1, -0.05) is 129 Å². The molecule has 0 aliphatic heterocycles. The summed E-state index contributed by atoms with van der Waals surface area (Å²) in [6.07, 6.45) is 0. The lowest BCUT2D eigenvalue weighted by molar-refractivity contribution is 0.660. The second kappa shape index (κ2) is 10.4. The van der Waals surface area contributed by atoms with Crippen LogP contribution in [0.3, 0.4) is 0 Å². The van der Waals surface area contributed by atoms with E-state index in [2.05, 4.69) is 183 Å².